The second kappa shape index (κ2) is 6.51. The lowest BCUT2D eigenvalue weighted by atomic mass is 10.4. The van der Waals surface area contributed by atoms with E-state index >= 15 is 0 Å². The van der Waals surface area contributed by atoms with Gasteiger partial charge in [-0.3, -0.25) is 0 Å². The molecular weight excluding hydrogens is 310 g/mol. The highest BCUT2D eigenvalue weighted by Crippen LogP contribution is 2.20. The van der Waals surface area contributed by atoms with Crippen molar-refractivity contribution < 1.29 is 4.52 Å². The zero-order chi connectivity index (χ0) is 13.7. The van der Waals surface area contributed by atoms with Crippen LogP contribution in [-0.4, -0.2) is 21.7 Å². The van der Waals surface area contributed by atoms with Crippen LogP contribution < -0.4 is 10.6 Å². The van der Waals surface area contributed by atoms with Crippen molar-refractivity contribution in [2.24, 2.45) is 0 Å². The Morgan fingerprint density at radius 1 is 1.37 bits per heavy atom. The van der Waals surface area contributed by atoms with Crippen molar-refractivity contribution in [1.29, 1.82) is 0 Å². The molecule has 2 N–H and O–H groups in total. The van der Waals surface area contributed by atoms with Crippen LogP contribution in [0.4, 0.5) is 11.8 Å². The minimum atomic E-state index is 0.531. The third-order valence-electron chi connectivity index (χ3n) is 2.38. The van der Waals surface area contributed by atoms with Crippen LogP contribution in [-0.2, 0) is 6.54 Å². The number of nitrogens with one attached hydrogen (secondary N) is 2. The minimum absolute atomic E-state index is 0.531. The van der Waals surface area contributed by atoms with E-state index in [1.807, 2.05) is 13.0 Å². The normalized spacial score (nSPS) is 10.5. The van der Waals surface area contributed by atoms with Gasteiger partial charge in [-0.2, -0.15) is 4.98 Å². The number of rotatable bonds is 6. The first-order valence-corrected chi connectivity index (χ1v) is 6.91. The third kappa shape index (κ3) is 3.92. The Hall–Kier alpha value is -1.63. The standard InChI is InChI=1S/C12H16BrN5O/c1-3-4-14-12-16-7-10(13)11(17-12)15-6-9-5-8(2)18-19-9/h5,7H,3-4,6H2,1-2H3,(H2,14,15,16,17). The number of hydrogen-bond acceptors (Lipinski definition) is 6. The molecule has 0 saturated carbocycles. The average molecular weight is 326 g/mol. The highest BCUT2D eigenvalue weighted by molar-refractivity contribution is 9.10. The maximum atomic E-state index is 5.13. The molecule has 0 aliphatic heterocycles. The summed E-state index contributed by atoms with van der Waals surface area (Å²) in [5.74, 6) is 2.11. The monoisotopic (exact) mass is 325 g/mol. The van der Waals surface area contributed by atoms with Crippen LogP contribution in [0.25, 0.3) is 0 Å². The summed E-state index contributed by atoms with van der Waals surface area (Å²) in [5.41, 5.74) is 0.865. The van der Waals surface area contributed by atoms with Crippen molar-refractivity contribution in [2.45, 2.75) is 26.8 Å². The summed E-state index contributed by atoms with van der Waals surface area (Å²) in [6, 6.07) is 1.89. The molecule has 2 heterocycles. The number of aryl methyl sites for hydroxylation is 1. The van der Waals surface area contributed by atoms with E-state index in [0.29, 0.717) is 12.5 Å². The highest BCUT2D eigenvalue weighted by atomic mass is 79.9. The maximum Gasteiger partial charge on any atom is 0.224 e. The third-order valence-corrected chi connectivity index (χ3v) is 2.96. The van der Waals surface area contributed by atoms with Crippen molar-refractivity contribution >= 4 is 27.7 Å². The SMILES string of the molecule is CCCNc1ncc(Br)c(NCc2cc(C)no2)n1. The molecular formula is C12H16BrN5O. The lowest BCUT2D eigenvalue weighted by molar-refractivity contribution is 0.384. The van der Waals surface area contributed by atoms with Crippen LogP contribution in [0.5, 0.6) is 0 Å². The molecule has 102 valence electrons. The molecule has 0 aliphatic carbocycles. The first-order valence-electron chi connectivity index (χ1n) is 6.11. The second-order valence-corrected chi connectivity index (χ2v) is 4.96. The van der Waals surface area contributed by atoms with Crippen LogP contribution >= 0.6 is 15.9 Å². The summed E-state index contributed by atoms with van der Waals surface area (Å²) in [7, 11) is 0. The van der Waals surface area contributed by atoms with Crippen molar-refractivity contribution in [3.63, 3.8) is 0 Å². The maximum absolute atomic E-state index is 5.13. The minimum Gasteiger partial charge on any atom is -0.362 e. The molecule has 19 heavy (non-hydrogen) atoms. The fourth-order valence-corrected chi connectivity index (χ4v) is 1.81. The number of nitrogens with zero attached hydrogens (tertiary/aromatic N) is 3. The molecule has 2 rings (SSSR count). The molecule has 2 aromatic rings. The Kier molecular flexibility index (Phi) is 4.73. The quantitative estimate of drug-likeness (QED) is 0.850. The van der Waals surface area contributed by atoms with E-state index in [9.17, 15) is 0 Å². The molecule has 0 aromatic carbocycles. The Morgan fingerprint density at radius 3 is 2.89 bits per heavy atom. The second-order valence-electron chi connectivity index (χ2n) is 4.11. The Labute approximate surface area is 120 Å². The van der Waals surface area contributed by atoms with Crippen molar-refractivity contribution in [2.75, 3.05) is 17.2 Å². The molecule has 0 atom stereocenters. The Balaban J connectivity index is 2.02. The van der Waals surface area contributed by atoms with Crippen molar-refractivity contribution in [3.8, 4) is 0 Å². The van der Waals surface area contributed by atoms with Crippen LogP contribution in [0.15, 0.2) is 21.3 Å². The summed E-state index contributed by atoms with van der Waals surface area (Å²) in [5, 5.41) is 10.2. The molecule has 0 amide bonds. The van der Waals surface area contributed by atoms with Gasteiger partial charge in [0, 0.05) is 18.8 Å². The van der Waals surface area contributed by atoms with E-state index < -0.39 is 0 Å². The molecule has 0 fully saturated rings. The van der Waals surface area contributed by atoms with Gasteiger partial charge in [-0.25, -0.2) is 4.98 Å². The zero-order valence-corrected chi connectivity index (χ0v) is 12.5. The first-order chi connectivity index (χ1) is 9.19. The molecule has 6 nitrogen and oxygen atoms in total. The molecule has 7 heteroatoms. The van der Waals surface area contributed by atoms with Gasteiger partial charge >= 0.3 is 0 Å². The lowest BCUT2D eigenvalue weighted by Crippen LogP contribution is -2.07. The average Bonchev–Trinajstić information content (AvgIpc) is 2.82. The number of anilines is 2. The smallest absolute Gasteiger partial charge is 0.224 e. The van der Waals surface area contributed by atoms with Gasteiger partial charge in [-0.05, 0) is 29.3 Å². The van der Waals surface area contributed by atoms with E-state index in [0.717, 1.165) is 34.7 Å². The number of halogens is 1. The largest absolute Gasteiger partial charge is 0.362 e. The van der Waals surface area contributed by atoms with Gasteiger partial charge < -0.3 is 15.2 Å². The summed E-state index contributed by atoms with van der Waals surface area (Å²) < 4.78 is 5.95. The Morgan fingerprint density at radius 2 is 2.21 bits per heavy atom. The topological polar surface area (TPSA) is 75.9 Å². The van der Waals surface area contributed by atoms with Gasteiger partial charge in [0.05, 0.1) is 16.7 Å². The van der Waals surface area contributed by atoms with Gasteiger partial charge in [-0.15, -0.1) is 0 Å². The van der Waals surface area contributed by atoms with Gasteiger partial charge in [0.2, 0.25) is 5.95 Å². The number of hydrogen-bond donors (Lipinski definition) is 2. The fraction of sp³-hybridized carbons (Fsp3) is 0.417. The fourth-order valence-electron chi connectivity index (χ4n) is 1.48. The van der Waals surface area contributed by atoms with Crippen LogP contribution in [0, 0.1) is 6.92 Å². The van der Waals surface area contributed by atoms with E-state index in [4.69, 9.17) is 4.52 Å². The molecule has 2 aromatic heterocycles. The summed E-state index contributed by atoms with van der Waals surface area (Å²) in [6.07, 6.45) is 2.75. The van der Waals surface area contributed by atoms with Gasteiger partial charge in [0.15, 0.2) is 5.76 Å². The lowest BCUT2D eigenvalue weighted by Gasteiger charge is -2.08. The van der Waals surface area contributed by atoms with Crippen molar-refractivity contribution in [3.05, 3.63) is 28.2 Å². The predicted molar refractivity (Wildman–Crippen MR) is 77.1 cm³/mol. The zero-order valence-electron chi connectivity index (χ0n) is 10.9. The van der Waals surface area contributed by atoms with Crippen LogP contribution in [0.3, 0.4) is 0 Å². The number of aromatic nitrogens is 3. The van der Waals surface area contributed by atoms with Crippen LogP contribution in [0.1, 0.15) is 24.8 Å². The highest BCUT2D eigenvalue weighted by Gasteiger charge is 2.06. The van der Waals surface area contributed by atoms with Gasteiger partial charge in [-0.1, -0.05) is 12.1 Å². The van der Waals surface area contributed by atoms with E-state index in [1.54, 1.807) is 6.20 Å². The van der Waals surface area contributed by atoms with Crippen molar-refractivity contribution in [1.82, 2.24) is 15.1 Å². The molecule has 0 aliphatic rings. The molecule has 0 radical (unpaired) electrons. The summed E-state index contributed by atoms with van der Waals surface area (Å²) in [6.45, 7) is 5.36. The Bertz CT molecular complexity index is 543. The molecule has 0 spiro atoms. The predicted octanol–water partition coefficient (Wildman–Crippen LogP) is 2.97. The molecule has 0 unspecified atom stereocenters. The first kappa shape index (κ1) is 13.8. The van der Waals surface area contributed by atoms with E-state index in [2.05, 4.69) is 48.6 Å². The summed E-state index contributed by atoms with van der Waals surface area (Å²) >= 11 is 3.42. The van der Waals surface area contributed by atoms with E-state index in [-0.39, 0.29) is 0 Å². The van der Waals surface area contributed by atoms with Gasteiger partial charge in [0.25, 0.3) is 0 Å². The molecule has 0 bridgehead atoms. The van der Waals surface area contributed by atoms with Crippen LogP contribution in [0.2, 0.25) is 0 Å². The van der Waals surface area contributed by atoms with Gasteiger partial charge in [0.1, 0.15) is 5.82 Å². The molecule has 0 saturated heterocycles. The van der Waals surface area contributed by atoms with E-state index in [1.165, 1.54) is 0 Å². The summed E-state index contributed by atoms with van der Waals surface area (Å²) in [4.78, 5) is 8.58.